The molecule has 1 saturated heterocycles. The van der Waals surface area contributed by atoms with Crippen molar-refractivity contribution in [2.45, 2.75) is 51.3 Å². The number of hydrogen-bond donors (Lipinski definition) is 1. The third-order valence-corrected chi connectivity index (χ3v) is 5.89. The van der Waals surface area contributed by atoms with Crippen molar-refractivity contribution >= 4 is 5.91 Å². The zero-order valence-electron chi connectivity index (χ0n) is 17.7. The highest BCUT2D eigenvalue weighted by Gasteiger charge is 2.32. The van der Waals surface area contributed by atoms with Gasteiger partial charge in [-0.3, -0.25) is 14.5 Å². The summed E-state index contributed by atoms with van der Waals surface area (Å²) in [5.74, 6) is -0.00554. The Hall–Kier alpha value is -2.99. The van der Waals surface area contributed by atoms with Gasteiger partial charge in [0.1, 0.15) is 0 Å². The van der Waals surface area contributed by atoms with E-state index in [-0.39, 0.29) is 18.0 Å². The number of aromatic nitrogens is 3. The maximum Gasteiger partial charge on any atom is 0.256 e. The molecule has 3 heterocycles. The first-order chi connectivity index (χ1) is 14.3. The lowest BCUT2D eigenvalue weighted by atomic mass is 9.97. The lowest BCUT2D eigenvalue weighted by Gasteiger charge is -2.38. The average Bonchev–Trinajstić information content (AvgIpc) is 3.25. The van der Waals surface area contributed by atoms with E-state index in [0.717, 1.165) is 24.0 Å². The van der Waals surface area contributed by atoms with Gasteiger partial charge < -0.3 is 10.0 Å². The average molecular weight is 405 g/mol. The fourth-order valence-corrected chi connectivity index (χ4v) is 4.00. The number of nitrogens with zero attached hydrogens (tertiary/aromatic N) is 4. The number of carbonyl (C=O) groups excluding carboxylic acids is 1. The van der Waals surface area contributed by atoms with Gasteiger partial charge in [0.2, 0.25) is 0 Å². The number of rotatable bonds is 4. The van der Waals surface area contributed by atoms with Crippen molar-refractivity contribution in [2.24, 2.45) is 0 Å². The Morgan fingerprint density at radius 3 is 2.60 bits per heavy atom. The molecule has 1 fully saturated rings. The van der Waals surface area contributed by atoms with Gasteiger partial charge in [0.25, 0.3) is 5.91 Å². The summed E-state index contributed by atoms with van der Waals surface area (Å²) < 4.78 is 1.89. The highest BCUT2D eigenvalue weighted by Crippen LogP contribution is 2.30. The Kier molecular flexibility index (Phi) is 5.43. The lowest BCUT2D eigenvalue weighted by Crippen LogP contribution is -2.46. The minimum Gasteiger partial charge on any atom is -0.386 e. The van der Waals surface area contributed by atoms with Gasteiger partial charge in [-0.25, -0.2) is 0 Å². The molecule has 0 saturated carbocycles. The van der Waals surface area contributed by atoms with Crippen LogP contribution in [0.5, 0.6) is 0 Å². The van der Waals surface area contributed by atoms with E-state index >= 15 is 0 Å². The van der Waals surface area contributed by atoms with E-state index in [1.165, 1.54) is 0 Å². The van der Waals surface area contributed by atoms with E-state index in [2.05, 4.69) is 17.0 Å². The third kappa shape index (κ3) is 4.00. The van der Waals surface area contributed by atoms with E-state index in [0.29, 0.717) is 17.8 Å². The zero-order valence-corrected chi connectivity index (χ0v) is 17.7. The molecular formula is C24H28N4O2. The first-order valence-electron chi connectivity index (χ1n) is 10.4. The van der Waals surface area contributed by atoms with Crippen LogP contribution in [-0.2, 0) is 5.60 Å². The zero-order chi connectivity index (χ0) is 21.3. The van der Waals surface area contributed by atoms with E-state index in [4.69, 9.17) is 0 Å². The van der Waals surface area contributed by atoms with Gasteiger partial charge in [-0.15, -0.1) is 0 Å². The normalized spacial score (nSPS) is 19.7. The molecule has 1 aliphatic rings. The summed E-state index contributed by atoms with van der Waals surface area (Å²) in [6, 6.07) is 13.7. The maximum absolute atomic E-state index is 13.6. The molecule has 1 amide bonds. The molecule has 30 heavy (non-hydrogen) atoms. The Bertz CT molecular complexity index is 1020. The molecule has 2 aromatic heterocycles. The summed E-state index contributed by atoms with van der Waals surface area (Å²) in [5, 5.41) is 14.7. The van der Waals surface area contributed by atoms with Crippen LogP contribution in [0.2, 0.25) is 0 Å². The maximum atomic E-state index is 13.6. The molecule has 0 spiro atoms. The molecule has 0 aliphatic carbocycles. The number of piperidine rings is 1. The summed E-state index contributed by atoms with van der Waals surface area (Å²) in [5.41, 5.74) is 2.10. The molecule has 6 nitrogen and oxygen atoms in total. The summed E-state index contributed by atoms with van der Waals surface area (Å²) in [6.45, 7) is 6.18. The van der Waals surface area contributed by atoms with Gasteiger partial charge in [-0.05, 0) is 45.7 Å². The van der Waals surface area contributed by atoms with E-state index in [9.17, 15) is 9.90 Å². The fourth-order valence-electron chi connectivity index (χ4n) is 4.00. The van der Waals surface area contributed by atoms with Gasteiger partial charge in [-0.1, -0.05) is 30.3 Å². The smallest absolute Gasteiger partial charge is 0.256 e. The van der Waals surface area contributed by atoms with Crippen molar-refractivity contribution < 1.29 is 9.90 Å². The molecule has 6 heteroatoms. The highest BCUT2D eigenvalue weighted by atomic mass is 16.3. The molecule has 1 N–H and O–H groups in total. The molecule has 156 valence electrons. The van der Waals surface area contributed by atoms with Gasteiger partial charge in [0, 0.05) is 36.1 Å². The van der Waals surface area contributed by atoms with E-state index < -0.39 is 5.60 Å². The van der Waals surface area contributed by atoms with Crippen molar-refractivity contribution in [3.63, 3.8) is 0 Å². The largest absolute Gasteiger partial charge is 0.386 e. The SMILES string of the molecule is C[C@@H]1CC[C@@H](n2cc(C(C)(C)O)cn2)CN1C(=O)c1cccnc1-c1ccccc1. The molecule has 0 radical (unpaired) electrons. The molecule has 0 unspecified atom stereocenters. The van der Waals surface area contributed by atoms with Crippen LogP contribution >= 0.6 is 0 Å². The van der Waals surface area contributed by atoms with Crippen molar-refractivity contribution in [3.8, 4) is 11.3 Å². The Labute approximate surface area is 177 Å². The van der Waals surface area contributed by atoms with Crippen LogP contribution in [0.25, 0.3) is 11.3 Å². The Morgan fingerprint density at radius 2 is 1.90 bits per heavy atom. The van der Waals surface area contributed by atoms with Crippen molar-refractivity contribution in [2.75, 3.05) is 6.54 Å². The standard InChI is InChI=1S/C24H28N4O2/c1-17-11-12-20(28-15-19(14-26-28)24(2,3)30)16-27(17)23(29)21-10-7-13-25-22(21)18-8-5-4-6-9-18/h4-10,13-15,17,20,30H,11-12,16H2,1-3H3/t17-,20-/m1/s1. The van der Waals surface area contributed by atoms with E-state index in [1.54, 1.807) is 26.2 Å². The minimum atomic E-state index is -0.935. The van der Waals surface area contributed by atoms with Gasteiger partial charge in [-0.2, -0.15) is 5.10 Å². The molecule has 0 bridgehead atoms. The molecule has 3 aromatic rings. The number of amides is 1. The molecule has 1 aliphatic heterocycles. The van der Waals surface area contributed by atoms with Gasteiger partial charge in [0.15, 0.2) is 0 Å². The summed E-state index contributed by atoms with van der Waals surface area (Å²) in [7, 11) is 0. The van der Waals surface area contributed by atoms with Crippen LogP contribution in [0.4, 0.5) is 0 Å². The number of pyridine rings is 1. The predicted octanol–water partition coefficient (Wildman–Crippen LogP) is 4.04. The number of carbonyl (C=O) groups is 1. The first-order valence-corrected chi connectivity index (χ1v) is 10.4. The second-order valence-electron chi connectivity index (χ2n) is 8.57. The summed E-state index contributed by atoms with van der Waals surface area (Å²) >= 11 is 0. The van der Waals surface area contributed by atoms with Gasteiger partial charge in [0.05, 0.1) is 29.1 Å². The van der Waals surface area contributed by atoms with Crippen LogP contribution in [0.3, 0.4) is 0 Å². The predicted molar refractivity (Wildman–Crippen MR) is 116 cm³/mol. The molecule has 4 rings (SSSR count). The van der Waals surface area contributed by atoms with Crippen LogP contribution < -0.4 is 0 Å². The highest BCUT2D eigenvalue weighted by molar-refractivity contribution is 6.00. The van der Waals surface area contributed by atoms with Crippen LogP contribution in [-0.4, -0.2) is 43.3 Å². The Morgan fingerprint density at radius 1 is 1.13 bits per heavy atom. The van der Waals surface area contributed by atoms with Crippen LogP contribution in [0.15, 0.2) is 61.1 Å². The molecule has 1 aromatic carbocycles. The molecular weight excluding hydrogens is 376 g/mol. The number of hydrogen-bond acceptors (Lipinski definition) is 4. The van der Waals surface area contributed by atoms with Crippen molar-refractivity contribution in [1.29, 1.82) is 0 Å². The third-order valence-electron chi connectivity index (χ3n) is 5.89. The van der Waals surface area contributed by atoms with Gasteiger partial charge >= 0.3 is 0 Å². The second kappa shape index (κ2) is 8.03. The minimum absolute atomic E-state index is 0.00554. The van der Waals surface area contributed by atoms with Crippen molar-refractivity contribution in [3.05, 3.63) is 72.2 Å². The van der Waals surface area contributed by atoms with Crippen LogP contribution in [0, 0.1) is 0 Å². The van der Waals surface area contributed by atoms with E-state index in [1.807, 2.05) is 58.2 Å². The quantitative estimate of drug-likeness (QED) is 0.712. The van der Waals surface area contributed by atoms with Crippen molar-refractivity contribution in [1.82, 2.24) is 19.7 Å². The number of benzene rings is 1. The van der Waals surface area contributed by atoms with Crippen LogP contribution in [0.1, 0.15) is 55.6 Å². The lowest BCUT2D eigenvalue weighted by molar-refractivity contribution is 0.0557. The second-order valence-corrected chi connectivity index (χ2v) is 8.57. The first kappa shape index (κ1) is 20.3. The summed E-state index contributed by atoms with van der Waals surface area (Å²) in [6.07, 6.45) is 7.16. The summed E-state index contributed by atoms with van der Waals surface area (Å²) in [4.78, 5) is 20.0. The molecule has 2 atom stereocenters. The fraction of sp³-hybridized carbons (Fsp3) is 0.375. The topological polar surface area (TPSA) is 71.2 Å². The number of aliphatic hydroxyl groups is 1. The monoisotopic (exact) mass is 404 g/mol. The number of likely N-dealkylation sites (tertiary alicyclic amines) is 1. The Balaban J connectivity index is 1.61.